The topological polar surface area (TPSA) is 130 Å². The monoisotopic (exact) mass is 392 g/mol. The van der Waals surface area contributed by atoms with E-state index >= 15 is 0 Å². The third-order valence-corrected chi connectivity index (χ3v) is 3.16. The number of carboxylic acid groups (broad SMARTS) is 1. The van der Waals surface area contributed by atoms with Crippen LogP contribution in [0.25, 0.3) is 0 Å². The number of carbonyl (C=O) groups is 3. The number of rotatable bonds is 6. The van der Waals surface area contributed by atoms with Crippen molar-refractivity contribution >= 4 is 40.4 Å². The lowest BCUT2D eigenvalue weighted by atomic mass is 10.1. The molecule has 0 aliphatic rings. The van der Waals surface area contributed by atoms with Crippen molar-refractivity contribution in [3.8, 4) is 5.75 Å². The lowest BCUT2D eigenvalue weighted by molar-refractivity contribution is -0.139. The van der Waals surface area contributed by atoms with Crippen molar-refractivity contribution < 1.29 is 24.6 Å². The zero-order valence-corrected chi connectivity index (χ0v) is 12.5. The highest BCUT2D eigenvalue weighted by molar-refractivity contribution is 14.1. The summed E-state index contributed by atoms with van der Waals surface area (Å²) in [6, 6.07) is 3.13. The van der Waals surface area contributed by atoms with E-state index in [9.17, 15) is 19.5 Å². The first-order valence-corrected chi connectivity index (χ1v) is 6.69. The maximum atomic E-state index is 11.9. The zero-order valence-electron chi connectivity index (χ0n) is 10.3. The fourth-order valence-corrected chi connectivity index (χ4v) is 1.96. The van der Waals surface area contributed by atoms with Crippen LogP contribution in [0.5, 0.6) is 5.75 Å². The van der Waals surface area contributed by atoms with E-state index in [0.29, 0.717) is 0 Å². The average Bonchev–Trinajstić information content (AvgIpc) is 2.36. The predicted octanol–water partition coefficient (Wildman–Crippen LogP) is 0.445. The van der Waals surface area contributed by atoms with Crippen LogP contribution in [0.15, 0.2) is 18.2 Å². The molecule has 0 radical (unpaired) electrons. The second kappa shape index (κ2) is 7.08. The lowest BCUT2D eigenvalue weighted by Crippen LogP contribution is -2.41. The molecule has 2 amide bonds. The van der Waals surface area contributed by atoms with Crippen molar-refractivity contribution in [1.29, 1.82) is 0 Å². The zero-order chi connectivity index (χ0) is 15.3. The largest absolute Gasteiger partial charge is 0.507 e. The first-order chi connectivity index (χ1) is 9.31. The SMILES string of the molecule is NC(=O)CCC(NC(=O)c1cc(I)ccc1O)C(=O)O. The van der Waals surface area contributed by atoms with Gasteiger partial charge in [-0.3, -0.25) is 9.59 Å². The summed E-state index contributed by atoms with van der Waals surface area (Å²) in [7, 11) is 0. The minimum absolute atomic E-state index is 0.0257. The summed E-state index contributed by atoms with van der Waals surface area (Å²) in [6.45, 7) is 0. The van der Waals surface area contributed by atoms with Crippen molar-refractivity contribution in [2.45, 2.75) is 18.9 Å². The van der Waals surface area contributed by atoms with E-state index in [0.717, 1.165) is 3.57 Å². The van der Waals surface area contributed by atoms with Crippen LogP contribution in [0.1, 0.15) is 23.2 Å². The highest BCUT2D eigenvalue weighted by atomic mass is 127. The van der Waals surface area contributed by atoms with Gasteiger partial charge in [-0.15, -0.1) is 0 Å². The number of benzene rings is 1. The van der Waals surface area contributed by atoms with Crippen LogP contribution in [0.4, 0.5) is 0 Å². The van der Waals surface area contributed by atoms with E-state index in [1.165, 1.54) is 12.1 Å². The molecule has 1 unspecified atom stereocenters. The Labute approximate surface area is 128 Å². The number of aromatic hydroxyl groups is 1. The molecule has 0 aliphatic heterocycles. The average molecular weight is 392 g/mol. The molecule has 1 rings (SSSR count). The third-order valence-electron chi connectivity index (χ3n) is 2.49. The Kier molecular flexibility index (Phi) is 5.74. The molecule has 7 nitrogen and oxygen atoms in total. The summed E-state index contributed by atoms with van der Waals surface area (Å²) in [5.41, 5.74) is 4.92. The first kappa shape index (κ1) is 16.2. The molecule has 0 saturated carbocycles. The van der Waals surface area contributed by atoms with Gasteiger partial charge in [0.05, 0.1) is 5.56 Å². The summed E-state index contributed by atoms with van der Waals surface area (Å²) >= 11 is 1.96. The molecule has 1 aromatic rings. The van der Waals surface area contributed by atoms with E-state index in [2.05, 4.69) is 5.32 Å². The van der Waals surface area contributed by atoms with Crippen molar-refractivity contribution in [2.75, 3.05) is 0 Å². The van der Waals surface area contributed by atoms with Crippen LogP contribution >= 0.6 is 22.6 Å². The number of carboxylic acids is 1. The van der Waals surface area contributed by atoms with Gasteiger partial charge >= 0.3 is 5.97 Å². The highest BCUT2D eigenvalue weighted by Crippen LogP contribution is 2.19. The van der Waals surface area contributed by atoms with Crippen molar-refractivity contribution in [3.05, 3.63) is 27.3 Å². The molecule has 108 valence electrons. The molecule has 5 N–H and O–H groups in total. The summed E-state index contributed by atoms with van der Waals surface area (Å²) in [4.78, 5) is 33.6. The minimum atomic E-state index is -1.27. The van der Waals surface area contributed by atoms with Crippen LogP contribution in [-0.2, 0) is 9.59 Å². The second-order valence-corrected chi connectivity index (χ2v) is 5.28. The molecule has 1 aromatic carbocycles. The molecular formula is C12H13IN2O5. The summed E-state index contributed by atoms with van der Waals surface area (Å²) in [5.74, 6) is -2.90. The van der Waals surface area contributed by atoms with E-state index in [-0.39, 0.29) is 24.2 Å². The Balaban J connectivity index is 2.82. The number of phenols is 1. The van der Waals surface area contributed by atoms with Gasteiger partial charge in [0.2, 0.25) is 5.91 Å². The van der Waals surface area contributed by atoms with Crippen LogP contribution in [-0.4, -0.2) is 34.0 Å². The number of hydrogen-bond acceptors (Lipinski definition) is 4. The molecule has 20 heavy (non-hydrogen) atoms. The minimum Gasteiger partial charge on any atom is -0.507 e. The Morgan fingerprint density at radius 1 is 1.35 bits per heavy atom. The van der Waals surface area contributed by atoms with Crippen LogP contribution in [0, 0.1) is 3.57 Å². The van der Waals surface area contributed by atoms with Gasteiger partial charge in [-0.05, 0) is 47.2 Å². The van der Waals surface area contributed by atoms with E-state index in [1.807, 2.05) is 22.6 Å². The predicted molar refractivity (Wildman–Crippen MR) is 78.1 cm³/mol. The van der Waals surface area contributed by atoms with Gasteiger partial charge in [-0.1, -0.05) is 0 Å². The van der Waals surface area contributed by atoms with Gasteiger partial charge in [0, 0.05) is 9.99 Å². The van der Waals surface area contributed by atoms with Gasteiger partial charge < -0.3 is 21.3 Å². The number of aliphatic carboxylic acids is 1. The molecule has 8 heteroatoms. The Morgan fingerprint density at radius 2 is 2.00 bits per heavy atom. The third kappa shape index (κ3) is 4.68. The number of halogens is 1. The molecule has 0 spiro atoms. The molecule has 0 bridgehead atoms. The van der Waals surface area contributed by atoms with E-state index < -0.39 is 23.8 Å². The number of phenolic OH excluding ortho intramolecular Hbond substituents is 1. The normalized spacial score (nSPS) is 11.7. The molecule has 0 aromatic heterocycles. The van der Waals surface area contributed by atoms with Crippen molar-refractivity contribution in [3.63, 3.8) is 0 Å². The molecule has 0 aliphatic carbocycles. The number of nitrogens with two attached hydrogens (primary N) is 1. The summed E-state index contributed by atoms with van der Waals surface area (Å²) in [5, 5.41) is 20.8. The molecular weight excluding hydrogens is 379 g/mol. The molecule has 0 saturated heterocycles. The summed E-state index contributed by atoms with van der Waals surface area (Å²) in [6.07, 6.45) is -0.267. The Morgan fingerprint density at radius 3 is 2.55 bits per heavy atom. The first-order valence-electron chi connectivity index (χ1n) is 5.61. The Hall–Kier alpha value is -1.84. The highest BCUT2D eigenvalue weighted by Gasteiger charge is 2.22. The fourth-order valence-electron chi connectivity index (χ4n) is 1.47. The standard InChI is InChI=1S/C12H13IN2O5/c13-6-1-3-9(16)7(5-6)11(18)15-8(12(19)20)2-4-10(14)17/h1,3,5,8,16H,2,4H2,(H2,14,17)(H,15,18)(H,19,20). The number of nitrogens with one attached hydrogen (secondary N) is 1. The maximum Gasteiger partial charge on any atom is 0.326 e. The summed E-state index contributed by atoms with van der Waals surface area (Å²) < 4.78 is 0.717. The molecule has 1 atom stereocenters. The smallest absolute Gasteiger partial charge is 0.326 e. The van der Waals surface area contributed by atoms with E-state index in [1.54, 1.807) is 6.07 Å². The van der Waals surface area contributed by atoms with Gasteiger partial charge in [0.15, 0.2) is 0 Å². The lowest BCUT2D eigenvalue weighted by Gasteiger charge is -2.14. The van der Waals surface area contributed by atoms with Gasteiger partial charge in [-0.25, -0.2) is 4.79 Å². The van der Waals surface area contributed by atoms with Gasteiger partial charge in [0.25, 0.3) is 5.91 Å². The molecule has 0 heterocycles. The maximum absolute atomic E-state index is 11.9. The molecule has 0 fully saturated rings. The number of primary amides is 1. The quantitative estimate of drug-likeness (QED) is 0.523. The van der Waals surface area contributed by atoms with Crippen LogP contribution < -0.4 is 11.1 Å². The number of amides is 2. The Bertz CT molecular complexity index is 547. The van der Waals surface area contributed by atoms with Crippen LogP contribution in [0.3, 0.4) is 0 Å². The fraction of sp³-hybridized carbons (Fsp3) is 0.250. The van der Waals surface area contributed by atoms with Crippen molar-refractivity contribution in [1.82, 2.24) is 5.32 Å². The van der Waals surface area contributed by atoms with E-state index in [4.69, 9.17) is 10.8 Å². The number of hydrogen-bond donors (Lipinski definition) is 4. The van der Waals surface area contributed by atoms with Gasteiger partial charge in [0.1, 0.15) is 11.8 Å². The second-order valence-electron chi connectivity index (χ2n) is 4.03. The van der Waals surface area contributed by atoms with Crippen molar-refractivity contribution in [2.24, 2.45) is 5.73 Å². The van der Waals surface area contributed by atoms with Gasteiger partial charge in [-0.2, -0.15) is 0 Å². The number of carbonyl (C=O) groups excluding carboxylic acids is 2. The van der Waals surface area contributed by atoms with Crippen LogP contribution in [0.2, 0.25) is 0 Å².